The van der Waals surface area contributed by atoms with Crippen LogP contribution in [0.1, 0.15) is 30.4 Å². The molecule has 0 atom stereocenters. The highest BCUT2D eigenvalue weighted by Gasteiger charge is 2.17. The number of hydrogen-bond donors (Lipinski definition) is 1. The van der Waals surface area contributed by atoms with Crippen LogP contribution >= 0.6 is 0 Å². The summed E-state index contributed by atoms with van der Waals surface area (Å²) in [4.78, 5) is 0.365. The summed E-state index contributed by atoms with van der Waals surface area (Å²) < 4.78 is 26.6. The molecular weight excluding hydrogens is 246 g/mol. The molecule has 0 aromatic heterocycles. The summed E-state index contributed by atoms with van der Waals surface area (Å²) in [5.74, 6) is 2.49. The summed E-state index contributed by atoms with van der Waals surface area (Å²) in [5.41, 5.74) is 2.45. The summed E-state index contributed by atoms with van der Waals surface area (Å²) in [6.07, 6.45) is 9.54. The lowest BCUT2D eigenvalue weighted by Crippen LogP contribution is -2.24. The molecule has 1 N–H and O–H groups in total. The van der Waals surface area contributed by atoms with Crippen LogP contribution in [0.5, 0.6) is 0 Å². The first-order valence-electron chi connectivity index (χ1n) is 6.18. The number of aryl methyl sites for hydroxylation is 2. The topological polar surface area (TPSA) is 46.2 Å². The molecular formula is C14H17NO2S. The van der Waals surface area contributed by atoms with Crippen LogP contribution in [0.4, 0.5) is 0 Å². The van der Waals surface area contributed by atoms with E-state index in [-0.39, 0.29) is 0 Å². The smallest absolute Gasteiger partial charge is 0.211 e. The Kier molecular flexibility index (Phi) is 4.05. The van der Waals surface area contributed by atoms with E-state index in [1.165, 1.54) is 11.1 Å². The van der Waals surface area contributed by atoms with Gasteiger partial charge in [0.1, 0.15) is 0 Å². The minimum absolute atomic E-state index is 0.365. The standard InChI is InChI=1S/C14H17NO2S/c1-2-3-4-10-15-18(16,17)14-9-8-12-6-5-7-13(12)11-14/h1,8-9,11,15H,3-7,10H2. The van der Waals surface area contributed by atoms with Crippen molar-refractivity contribution < 1.29 is 8.42 Å². The highest BCUT2D eigenvalue weighted by atomic mass is 32.2. The largest absolute Gasteiger partial charge is 0.240 e. The molecule has 1 aliphatic carbocycles. The van der Waals surface area contributed by atoms with Gasteiger partial charge in [-0.1, -0.05) is 6.07 Å². The number of hydrogen-bond acceptors (Lipinski definition) is 2. The average molecular weight is 263 g/mol. The van der Waals surface area contributed by atoms with Crippen molar-refractivity contribution in [1.29, 1.82) is 0 Å². The zero-order chi connectivity index (χ0) is 13.0. The van der Waals surface area contributed by atoms with Gasteiger partial charge in [0.05, 0.1) is 4.90 Å². The van der Waals surface area contributed by atoms with Crippen LogP contribution in [0.3, 0.4) is 0 Å². The van der Waals surface area contributed by atoms with E-state index in [2.05, 4.69) is 10.6 Å². The highest BCUT2D eigenvalue weighted by Crippen LogP contribution is 2.24. The van der Waals surface area contributed by atoms with Gasteiger partial charge in [-0.3, -0.25) is 0 Å². The molecule has 18 heavy (non-hydrogen) atoms. The third-order valence-electron chi connectivity index (χ3n) is 3.17. The number of terminal acetylenes is 1. The normalized spacial score (nSPS) is 14.2. The van der Waals surface area contributed by atoms with Gasteiger partial charge < -0.3 is 0 Å². The maximum absolute atomic E-state index is 12.0. The minimum atomic E-state index is -3.38. The molecule has 0 fully saturated rings. The summed E-state index contributed by atoms with van der Waals surface area (Å²) in [7, 11) is -3.38. The average Bonchev–Trinajstić information content (AvgIpc) is 2.82. The van der Waals surface area contributed by atoms with Crippen molar-refractivity contribution in [3.8, 4) is 12.3 Å². The molecule has 1 aromatic carbocycles. The van der Waals surface area contributed by atoms with E-state index in [1.807, 2.05) is 6.07 Å². The molecule has 0 spiro atoms. The molecule has 0 saturated heterocycles. The van der Waals surface area contributed by atoms with Crippen molar-refractivity contribution in [2.24, 2.45) is 0 Å². The Morgan fingerprint density at radius 1 is 1.28 bits per heavy atom. The van der Waals surface area contributed by atoms with Gasteiger partial charge in [0.2, 0.25) is 10.0 Å². The number of nitrogens with one attached hydrogen (secondary N) is 1. The number of sulfonamides is 1. The second-order valence-electron chi connectivity index (χ2n) is 4.49. The van der Waals surface area contributed by atoms with Crippen LogP contribution < -0.4 is 4.72 Å². The summed E-state index contributed by atoms with van der Waals surface area (Å²) in [6, 6.07) is 5.41. The van der Waals surface area contributed by atoms with Crippen LogP contribution in [-0.2, 0) is 22.9 Å². The number of benzene rings is 1. The highest BCUT2D eigenvalue weighted by molar-refractivity contribution is 7.89. The zero-order valence-electron chi connectivity index (χ0n) is 10.3. The second kappa shape index (κ2) is 5.55. The van der Waals surface area contributed by atoms with E-state index in [0.29, 0.717) is 24.3 Å². The SMILES string of the molecule is C#CCCCNS(=O)(=O)c1ccc2c(c1)CCC2. The van der Waals surface area contributed by atoms with Gasteiger partial charge in [-0.2, -0.15) is 0 Å². The van der Waals surface area contributed by atoms with Crippen molar-refractivity contribution in [2.75, 3.05) is 6.54 Å². The van der Waals surface area contributed by atoms with Crippen molar-refractivity contribution in [3.05, 3.63) is 29.3 Å². The number of fused-ring (bicyclic) bond motifs is 1. The molecule has 1 aromatic rings. The Morgan fingerprint density at radius 2 is 2.06 bits per heavy atom. The Hall–Kier alpha value is -1.31. The van der Waals surface area contributed by atoms with Gasteiger partial charge in [0.15, 0.2) is 0 Å². The Bertz CT molecular complexity index is 570. The van der Waals surface area contributed by atoms with Crippen molar-refractivity contribution in [3.63, 3.8) is 0 Å². The van der Waals surface area contributed by atoms with E-state index in [9.17, 15) is 8.42 Å². The van der Waals surface area contributed by atoms with E-state index in [0.717, 1.165) is 19.3 Å². The molecule has 0 bridgehead atoms. The van der Waals surface area contributed by atoms with Crippen molar-refractivity contribution >= 4 is 10.0 Å². The monoisotopic (exact) mass is 263 g/mol. The van der Waals surface area contributed by atoms with E-state index < -0.39 is 10.0 Å². The Morgan fingerprint density at radius 3 is 2.83 bits per heavy atom. The van der Waals surface area contributed by atoms with Crippen LogP contribution in [0, 0.1) is 12.3 Å². The van der Waals surface area contributed by atoms with Gasteiger partial charge in [-0.05, 0) is 48.9 Å². The van der Waals surface area contributed by atoms with Crippen LogP contribution in [0.25, 0.3) is 0 Å². The summed E-state index contributed by atoms with van der Waals surface area (Å²) in [5, 5.41) is 0. The second-order valence-corrected chi connectivity index (χ2v) is 6.26. The lowest BCUT2D eigenvalue weighted by atomic mass is 10.1. The molecule has 0 radical (unpaired) electrons. The molecule has 96 valence electrons. The molecule has 0 amide bonds. The molecule has 0 unspecified atom stereocenters. The van der Waals surface area contributed by atoms with Crippen molar-refractivity contribution in [1.82, 2.24) is 4.72 Å². The summed E-state index contributed by atoms with van der Waals surface area (Å²) >= 11 is 0. The lowest BCUT2D eigenvalue weighted by Gasteiger charge is -2.07. The quantitative estimate of drug-likeness (QED) is 0.651. The first-order chi connectivity index (χ1) is 8.63. The first kappa shape index (κ1) is 13.1. The fourth-order valence-electron chi connectivity index (χ4n) is 2.20. The fraction of sp³-hybridized carbons (Fsp3) is 0.429. The predicted octanol–water partition coefficient (Wildman–Crippen LogP) is 1.87. The van der Waals surface area contributed by atoms with Gasteiger partial charge in [-0.25, -0.2) is 13.1 Å². The van der Waals surface area contributed by atoms with Crippen LogP contribution in [0.2, 0.25) is 0 Å². The van der Waals surface area contributed by atoms with E-state index >= 15 is 0 Å². The molecule has 0 heterocycles. The lowest BCUT2D eigenvalue weighted by molar-refractivity contribution is 0.579. The summed E-state index contributed by atoms with van der Waals surface area (Å²) in [6.45, 7) is 0.392. The Balaban J connectivity index is 2.08. The van der Waals surface area contributed by atoms with Crippen LogP contribution in [0.15, 0.2) is 23.1 Å². The number of rotatable bonds is 5. The van der Waals surface area contributed by atoms with E-state index in [1.54, 1.807) is 12.1 Å². The van der Waals surface area contributed by atoms with E-state index in [4.69, 9.17) is 6.42 Å². The minimum Gasteiger partial charge on any atom is -0.211 e. The molecule has 1 aliphatic rings. The molecule has 0 saturated carbocycles. The van der Waals surface area contributed by atoms with Gasteiger partial charge in [0.25, 0.3) is 0 Å². The maximum atomic E-state index is 12.0. The van der Waals surface area contributed by atoms with Crippen molar-refractivity contribution in [2.45, 2.75) is 37.0 Å². The molecule has 4 heteroatoms. The first-order valence-corrected chi connectivity index (χ1v) is 7.67. The Labute approximate surface area is 109 Å². The third-order valence-corrected chi connectivity index (χ3v) is 4.63. The molecule has 2 rings (SSSR count). The van der Waals surface area contributed by atoms with Crippen LogP contribution in [-0.4, -0.2) is 15.0 Å². The zero-order valence-corrected chi connectivity index (χ0v) is 11.1. The molecule has 0 aliphatic heterocycles. The predicted molar refractivity (Wildman–Crippen MR) is 71.7 cm³/mol. The third kappa shape index (κ3) is 2.92. The van der Waals surface area contributed by atoms with Gasteiger partial charge in [0, 0.05) is 13.0 Å². The van der Waals surface area contributed by atoms with Gasteiger partial charge >= 0.3 is 0 Å². The fourth-order valence-corrected chi connectivity index (χ4v) is 3.32. The molecule has 3 nitrogen and oxygen atoms in total. The maximum Gasteiger partial charge on any atom is 0.240 e. The number of unbranched alkanes of at least 4 members (excludes halogenated alkanes) is 1. The van der Waals surface area contributed by atoms with Gasteiger partial charge in [-0.15, -0.1) is 12.3 Å².